The van der Waals surface area contributed by atoms with Gasteiger partial charge >= 0.3 is 5.97 Å². The predicted octanol–water partition coefficient (Wildman–Crippen LogP) is 6.18. The van der Waals surface area contributed by atoms with Gasteiger partial charge in [0.1, 0.15) is 30.3 Å². The molecule has 0 spiro atoms. The molecule has 0 radical (unpaired) electrons. The summed E-state index contributed by atoms with van der Waals surface area (Å²) < 4.78 is 24.8. The second kappa shape index (κ2) is 27.1. The molecule has 0 aliphatic carbocycles. The number of amides is 4. The number of aliphatic hydroxyl groups is 1. The molecule has 15 nitrogen and oxygen atoms in total. The van der Waals surface area contributed by atoms with E-state index >= 15 is 0 Å². The number of benzene rings is 2. The monoisotopic (exact) mass is 963 g/mol. The summed E-state index contributed by atoms with van der Waals surface area (Å²) in [7, 11) is 2.91. The van der Waals surface area contributed by atoms with E-state index in [0.29, 0.717) is 30.4 Å². The molecule has 0 bridgehead atoms. The minimum absolute atomic E-state index is 0.198. The number of aliphatic hydroxyl groups excluding tert-OH is 1. The summed E-state index contributed by atoms with van der Waals surface area (Å²) >= 11 is 3.14. The molecule has 0 aliphatic rings. The van der Waals surface area contributed by atoms with Gasteiger partial charge in [-0.15, -0.1) is 0 Å². The topological polar surface area (TPSA) is 217 Å². The van der Waals surface area contributed by atoms with Gasteiger partial charge in [-0.25, -0.2) is 0 Å². The lowest BCUT2D eigenvalue weighted by atomic mass is 9.95. The third-order valence-corrected chi connectivity index (χ3v) is 13.5. The smallest absolute Gasteiger partial charge is 0.325 e. The molecule has 4 amide bonds. The number of carbonyl (C=O) groups is 5. The molecule has 17 heteroatoms. The first-order valence-electron chi connectivity index (χ1n) is 22.9. The quantitative estimate of drug-likeness (QED) is 0.0293. The zero-order valence-electron chi connectivity index (χ0n) is 40.0. The van der Waals surface area contributed by atoms with Crippen LogP contribution in [0.2, 0.25) is 0 Å². The van der Waals surface area contributed by atoms with Crippen molar-refractivity contribution in [2.24, 2.45) is 23.5 Å². The molecular formula is C50H69N5O10S2. The van der Waals surface area contributed by atoms with Crippen molar-refractivity contribution in [2.45, 2.75) is 130 Å². The van der Waals surface area contributed by atoms with Gasteiger partial charge in [-0.3, -0.25) is 24.0 Å². The van der Waals surface area contributed by atoms with E-state index in [2.05, 4.69) is 21.3 Å². The van der Waals surface area contributed by atoms with Crippen LogP contribution in [0.25, 0.3) is 22.3 Å². The molecule has 0 aliphatic heterocycles. The van der Waals surface area contributed by atoms with Crippen LogP contribution in [0.4, 0.5) is 0 Å². The van der Waals surface area contributed by atoms with E-state index in [1.165, 1.54) is 21.0 Å². The second-order valence-electron chi connectivity index (χ2n) is 16.9. The number of hydrogen-bond acceptors (Lipinski definition) is 13. The average Bonchev–Trinajstić information content (AvgIpc) is 4.10. The van der Waals surface area contributed by atoms with Crippen molar-refractivity contribution in [3.8, 4) is 22.3 Å². The maximum absolute atomic E-state index is 14.8. The van der Waals surface area contributed by atoms with Crippen molar-refractivity contribution in [3.63, 3.8) is 0 Å². The van der Waals surface area contributed by atoms with Crippen molar-refractivity contribution in [2.75, 3.05) is 14.1 Å². The Morgan fingerprint density at radius 3 is 1.40 bits per heavy atom. The molecule has 67 heavy (non-hydrogen) atoms. The molecule has 2 aromatic heterocycles. The Morgan fingerprint density at radius 2 is 1.01 bits per heavy atom. The van der Waals surface area contributed by atoms with Crippen LogP contribution in [0, 0.1) is 17.8 Å². The fourth-order valence-electron chi connectivity index (χ4n) is 7.13. The third-order valence-electron chi connectivity index (χ3n) is 12.2. The highest BCUT2D eigenvalue weighted by molar-refractivity contribution is 7.08. The van der Waals surface area contributed by atoms with E-state index in [0.717, 1.165) is 22.3 Å². The molecule has 0 saturated heterocycles. The Labute approximate surface area is 402 Å². The van der Waals surface area contributed by atoms with Gasteiger partial charge < -0.3 is 51.1 Å². The summed E-state index contributed by atoms with van der Waals surface area (Å²) in [6.45, 7) is 12.0. The first kappa shape index (κ1) is 54.6. The lowest BCUT2D eigenvalue weighted by Crippen LogP contribution is -2.61. The number of esters is 1. The van der Waals surface area contributed by atoms with E-state index in [1.807, 2.05) is 103 Å². The maximum atomic E-state index is 14.8. The van der Waals surface area contributed by atoms with Crippen LogP contribution >= 0.6 is 22.7 Å². The van der Waals surface area contributed by atoms with Gasteiger partial charge in [0.2, 0.25) is 18.1 Å². The summed E-state index contributed by atoms with van der Waals surface area (Å²) in [4.78, 5) is 69.3. The Balaban J connectivity index is 1.83. The second-order valence-corrected chi connectivity index (χ2v) is 18.4. The zero-order chi connectivity index (χ0) is 49.2. The number of carbonyl (C=O) groups excluding carboxylic acids is 5. The molecule has 366 valence electrons. The van der Waals surface area contributed by atoms with Gasteiger partial charge in [0.15, 0.2) is 12.2 Å². The van der Waals surface area contributed by atoms with Crippen molar-refractivity contribution >= 4 is 52.3 Å². The first-order valence-corrected chi connectivity index (χ1v) is 24.7. The minimum atomic E-state index is -2.05. The number of ether oxygens (including phenoxy) is 4. The zero-order valence-corrected chi connectivity index (χ0v) is 41.6. The van der Waals surface area contributed by atoms with E-state index in [4.69, 9.17) is 24.7 Å². The van der Waals surface area contributed by atoms with Gasteiger partial charge in [0, 0.05) is 14.1 Å². The summed E-state index contributed by atoms with van der Waals surface area (Å²) in [6.07, 6.45) is -7.33. The average molecular weight is 964 g/mol. The van der Waals surface area contributed by atoms with E-state index in [-0.39, 0.29) is 31.0 Å². The van der Waals surface area contributed by atoms with Gasteiger partial charge in [0.25, 0.3) is 11.8 Å². The molecular weight excluding hydrogens is 895 g/mol. The minimum Gasteiger partial charge on any atom is -0.435 e. The van der Waals surface area contributed by atoms with E-state index in [9.17, 15) is 29.1 Å². The summed E-state index contributed by atoms with van der Waals surface area (Å²) in [5.74, 6) is -4.44. The Hall–Kier alpha value is -5.01. The number of likely N-dealkylation sites (N-methyl/N-ethyl adjacent to an activating group) is 2. The molecule has 3 unspecified atom stereocenters. The summed E-state index contributed by atoms with van der Waals surface area (Å²) in [6, 6.07) is 15.8. The molecule has 0 fully saturated rings. The van der Waals surface area contributed by atoms with Crippen LogP contribution in [0.3, 0.4) is 0 Å². The molecule has 0 saturated carbocycles. The summed E-state index contributed by atoms with van der Waals surface area (Å²) in [5.41, 5.74) is 11.5. The highest BCUT2D eigenvalue weighted by Crippen LogP contribution is 2.27. The molecule has 4 rings (SSSR count). The lowest BCUT2D eigenvalue weighted by molar-refractivity contribution is -0.229. The van der Waals surface area contributed by atoms with E-state index in [1.54, 1.807) is 43.4 Å². The lowest BCUT2D eigenvalue weighted by Gasteiger charge is -2.36. The number of nitrogens with one attached hydrogen (secondary N) is 4. The van der Waals surface area contributed by atoms with Crippen LogP contribution < -0.4 is 27.0 Å². The Kier molecular flexibility index (Phi) is 22.1. The summed E-state index contributed by atoms with van der Waals surface area (Å²) in [5, 5.41) is 31.5. The van der Waals surface area contributed by atoms with Crippen LogP contribution in [0.5, 0.6) is 0 Å². The van der Waals surface area contributed by atoms with Gasteiger partial charge in [0.05, 0.1) is 13.2 Å². The normalized spacial score (nSPS) is 16.4. The molecule has 7 N–H and O–H groups in total. The van der Waals surface area contributed by atoms with Crippen LogP contribution in [-0.2, 0) is 56.1 Å². The molecule has 11 atom stereocenters. The highest BCUT2D eigenvalue weighted by atomic mass is 32.1. The predicted molar refractivity (Wildman–Crippen MR) is 261 cm³/mol. The molecule has 2 aromatic carbocycles. The van der Waals surface area contributed by atoms with Crippen LogP contribution in [-0.4, -0.2) is 97.6 Å². The Morgan fingerprint density at radius 1 is 0.597 bits per heavy atom. The van der Waals surface area contributed by atoms with Crippen molar-refractivity contribution in [3.05, 3.63) is 93.3 Å². The first-order chi connectivity index (χ1) is 32.1. The van der Waals surface area contributed by atoms with Crippen molar-refractivity contribution < 1.29 is 48.0 Å². The van der Waals surface area contributed by atoms with Gasteiger partial charge in [-0.2, -0.15) is 22.7 Å². The fourth-order valence-corrected chi connectivity index (χ4v) is 8.46. The highest BCUT2D eigenvalue weighted by Gasteiger charge is 2.46. The van der Waals surface area contributed by atoms with Gasteiger partial charge in [-0.05, 0) is 91.7 Å². The molecule has 2 heterocycles. The fraction of sp³-hybridized carbons (Fsp3) is 0.500. The van der Waals surface area contributed by atoms with E-state index < -0.39 is 78.4 Å². The standard InChI is InChI=1S/C50H69N5O10S2/c1-10-29(4)39(51)50(61)65-32(7)64-43(45(49(60)55-41(31(6)12-3)47(58)53-9)63-26-34-15-19-36(20-16-34)38-22-24-67-28-38)42(56)44(48(59)54-40(30(5)11-2)46(57)52-8)62-25-33-13-17-35(18-14-33)37-21-23-66-27-37/h13-24,27-32,39-45,56H,10-12,25-26,51H2,1-9H3,(H,52,57)(H,53,58)(H,54,59)(H,55,60)/t29-,30?,31?,32?,39-,40-,41-,42+,43+,44+,45+/m0/s1. The van der Waals surface area contributed by atoms with Crippen LogP contribution in [0.1, 0.15) is 78.9 Å². The number of rotatable bonds is 27. The number of nitrogens with two attached hydrogens (primary N) is 1. The Bertz CT molecular complexity index is 2140. The van der Waals surface area contributed by atoms with Crippen molar-refractivity contribution in [1.29, 1.82) is 0 Å². The SMILES string of the molecule is CCC(C)[C@H](NC(=O)[C@H](OCc1ccc(-c2ccsc2)cc1)[C@H](O)[C@@H](OC(C)OC(=O)[C@@H](N)[C@@H](C)CC)[C@@H](OCc1ccc(-c2ccsc2)cc1)C(=O)N[C@H](C(=O)NC)C(C)CC)C(=O)NC. The molecule has 4 aromatic rings. The van der Waals surface area contributed by atoms with Crippen LogP contribution in [0.15, 0.2) is 82.2 Å². The number of hydrogen-bond donors (Lipinski definition) is 6. The largest absolute Gasteiger partial charge is 0.435 e. The maximum Gasteiger partial charge on any atom is 0.325 e. The third kappa shape index (κ3) is 15.5. The number of thiophene rings is 2. The van der Waals surface area contributed by atoms with Gasteiger partial charge in [-0.1, -0.05) is 109 Å². The van der Waals surface area contributed by atoms with Crippen molar-refractivity contribution in [1.82, 2.24) is 21.3 Å².